The molecule has 1 amide bonds. The third-order valence-corrected chi connectivity index (χ3v) is 4.37. The molecule has 1 atom stereocenters. The van der Waals surface area contributed by atoms with Gasteiger partial charge in [-0.15, -0.1) is 0 Å². The highest BCUT2D eigenvalue weighted by atomic mass is 32.2. The molecule has 7 nitrogen and oxygen atoms in total. The SMILES string of the molecule is CC1CN(C(=O)COC(=O)c2cccc(CS(C)(=O)=O)c2)CCO1. The summed E-state index contributed by atoms with van der Waals surface area (Å²) >= 11 is 0. The molecule has 8 heteroatoms. The minimum atomic E-state index is -3.19. The van der Waals surface area contributed by atoms with Crippen LogP contribution in [-0.2, 0) is 29.9 Å². The lowest BCUT2D eigenvalue weighted by molar-refractivity contribution is -0.141. The van der Waals surface area contributed by atoms with Gasteiger partial charge in [-0.1, -0.05) is 12.1 Å². The molecule has 0 spiro atoms. The van der Waals surface area contributed by atoms with Crippen molar-refractivity contribution in [2.24, 2.45) is 0 Å². The Bertz CT molecular complexity index is 715. The van der Waals surface area contributed by atoms with Gasteiger partial charge in [0.15, 0.2) is 16.4 Å². The Balaban J connectivity index is 1.92. The second-order valence-electron chi connectivity index (χ2n) is 5.87. The quantitative estimate of drug-likeness (QED) is 0.720. The summed E-state index contributed by atoms with van der Waals surface area (Å²) in [7, 11) is -3.19. The number of ether oxygens (including phenoxy) is 2. The smallest absolute Gasteiger partial charge is 0.338 e. The summed E-state index contributed by atoms with van der Waals surface area (Å²) in [5.41, 5.74) is 0.722. The lowest BCUT2D eigenvalue weighted by Gasteiger charge is -2.30. The largest absolute Gasteiger partial charge is 0.452 e. The maximum Gasteiger partial charge on any atom is 0.338 e. The van der Waals surface area contributed by atoms with Crippen molar-refractivity contribution >= 4 is 21.7 Å². The highest BCUT2D eigenvalue weighted by Gasteiger charge is 2.22. The van der Waals surface area contributed by atoms with Gasteiger partial charge < -0.3 is 14.4 Å². The first-order chi connectivity index (χ1) is 11.2. The standard InChI is InChI=1S/C16H21NO6S/c1-12-9-17(6-7-22-12)15(18)10-23-16(19)14-5-3-4-13(8-14)11-24(2,20)21/h3-5,8,12H,6-7,9-11H2,1-2H3. The second-order valence-corrected chi connectivity index (χ2v) is 8.01. The highest BCUT2D eigenvalue weighted by molar-refractivity contribution is 7.89. The van der Waals surface area contributed by atoms with Crippen molar-refractivity contribution in [3.8, 4) is 0 Å². The molecule has 0 N–H and O–H groups in total. The Hall–Kier alpha value is -1.93. The van der Waals surface area contributed by atoms with Gasteiger partial charge in [-0.25, -0.2) is 13.2 Å². The summed E-state index contributed by atoms with van der Waals surface area (Å²) in [6.45, 7) is 2.94. The molecule has 1 heterocycles. The Morgan fingerprint density at radius 1 is 1.38 bits per heavy atom. The van der Waals surface area contributed by atoms with E-state index in [0.29, 0.717) is 25.3 Å². The molecular formula is C16H21NO6S. The molecule has 1 fully saturated rings. The normalized spacial score (nSPS) is 18.2. The number of nitrogens with zero attached hydrogens (tertiary/aromatic N) is 1. The molecule has 0 bridgehead atoms. The molecule has 1 aliphatic heterocycles. The molecule has 1 aromatic rings. The average molecular weight is 355 g/mol. The van der Waals surface area contributed by atoms with Gasteiger partial charge in [-0.3, -0.25) is 4.79 Å². The fourth-order valence-corrected chi connectivity index (χ4v) is 3.22. The van der Waals surface area contributed by atoms with Crippen LogP contribution < -0.4 is 0 Å². The van der Waals surface area contributed by atoms with Crippen LogP contribution >= 0.6 is 0 Å². The summed E-state index contributed by atoms with van der Waals surface area (Å²) in [5.74, 6) is -1.08. The van der Waals surface area contributed by atoms with Gasteiger partial charge in [-0.05, 0) is 24.6 Å². The Labute approximate surface area is 141 Å². The van der Waals surface area contributed by atoms with E-state index in [4.69, 9.17) is 9.47 Å². The predicted octanol–water partition coefficient (Wildman–Crippen LogP) is 0.635. The molecule has 1 aromatic carbocycles. The number of carbonyl (C=O) groups excluding carboxylic acids is 2. The minimum Gasteiger partial charge on any atom is -0.452 e. The van der Waals surface area contributed by atoms with Crippen molar-refractivity contribution in [2.45, 2.75) is 18.8 Å². The number of rotatable bonds is 5. The van der Waals surface area contributed by atoms with Gasteiger partial charge in [0.05, 0.1) is 24.0 Å². The fraction of sp³-hybridized carbons (Fsp3) is 0.500. The Morgan fingerprint density at radius 2 is 2.12 bits per heavy atom. The van der Waals surface area contributed by atoms with Crippen LogP contribution in [0.4, 0.5) is 0 Å². The first kappa shape index (κ1) is 18.4. The van der Waals surface area contributed by atoms with E-state index >= 15 is 0 Å². The molecular weight excluding hydrogens is 334 g/mol. The van der Waals surface area contributed by atoms with E-state index in [1.54, 1.807) is 17.0 Å². The molecule has 132 valence electrons. The van der Waals surface area contributed by atoms with Gasteiger partial charge in [-0.2, -0.15) is 0 Å². The number of amides is 1. The van der Waals surface area contributed by atoms with Crippen LogP contribution in [0.1, 0.15) is 22.8 Å². The highest BCUT2D eigenvalue weighted by Crippen LogP contribution is 2.11. The molecule has 0 radical (unpaired) electrons. The zero-order valence-corrected chi connectivity index (χ0v) is 14.5. The summed E-state index contributed by atoms with van der Waals surface area (Å²) in [5, 5.41) is 0. The number of hydrogen-bond donors (Lipinski definition) is 0. The van der Waals surface area contributed by atoms with Crippen LogP contribution in [0.25, 0.3) is 0 Å². The van der Waals surface area contributed by atoms with Crippen molar-refractivity contribution in [1.29, 1.82) is 0 Å². The average Bonchev–Trinajstić information content (AvgIpc) is 2.51. The first-order valence-corrected chi connectivity index (χ1v) is 9.64. The third kappa shape index (κ3) is 5.61. The number of hydrogen-bond acceptors (Lipinski definition) is 6. The van der Waals surface area contributed by atoms with E-state index in [1.807, 2.05) is 6.92 Å². The zero-order chi connectivity index (χ0) is 17.7. The number of morpholine rings is 1. The molecule has 1 unspecified atom stereocenters. The number of sulfone groups is 1. The van der Waals surface area contributed by atoms with E-state index in [2.05, 4.69) is 0 Å². The van der Waals surface area contributed by atoms with Crippen LogP contribution in [0.15, 0.2) is 24.3 Å². The summed E-state index contributed by atoms with van der Waals surface area (Å²) in [6, 6.07) is 6.20. The minimum absolute atomic E-state index is 0.0360. The van der Waals surface area contributed by atoms with Crippen LogP contribution in [0.5, 0.6) is 0 Å². The van der Waals surface area contributed by atoms with Gasteiger partial charge in [0, 0.05) is 19.3 Å². The topological polar surface area (TPSA) is 90.0 Å². The van der Waals surface area contributed by atoms with Crippen molar-refractivity contribution in [2.75, 3.05) is 32.6 Å². The van der Waals surface area contributed by atoms with Crippen molar-refractivity contribution in [3.05, 3.63) is 35.4 Å². The predicted molar refractivity (Wildman–Crippen MR) is 87.3 cm³/mol. The number of carbonyl (C=O) groups is 2. The van der Waals surface area contributed by atoms with Gasteiger partial charge >= 0.3 is 5.97 Å². The first-order valence-electron chi connectivity index (χ1n) is 7.58. The van der Waals surface area contributed by atoms with E-state index < -0.39 is 15.8 Å². The Kier molecular flexibility index (Phi) is 5.95. The summed E-state index contributed by atoms with van der Waals surface area (Å²) in [6.07, 6.45) is 1.09. The summed E-state index contributed by atoms with van der Waals surface area (Å²) in [4.78, 5) is 25.7. The maximum absolute atomic E-state index is 12.0. The fourth-order valence-electron chi connectivity index (χ4n) is 2.44. The lowest BCUT2D eigenvalue weighted by Crippen LogP contribution is -2.46. The van der Waals surface area contributed by atoms with Crippen LogP contribution in [-0.4, -0.2) is 63.9 Å². The molecule has 0 aromatic heterocycles. The van der Waals surface area contributed by atoms with Crippen LogP contribution in [0, 0.1) is 0 Å². The molecule has 0 aliphatic carbocycles. The molecule has 2 rings (SSSR count). The molecule has 1 saturated heterocycles. The molecule has 24 heavy (non-hydrogen) atoms. The van der Waals surface area contributed by atoms with Crippen LogP contribution in [0.2, 0.25) is 0 Å². The maximum atomic E-state index is 12.0. The lowest BCUT2D eigenvalue weighted by atomic mass is 10.1. The third-order valence-electron chi connectivity index (χ3n) is 3.51. The summed E-state index contributed by atoms with van der Waals surface area (Å²) < 4.78 is 33.0. The van der Waals surface area contributed by atoms with E-state index in [9.17, 15) is 18.0 Å². The van der Waals surface area contributed by atoms with Gasteiger partial charge in [0.25, 0.3) is 5.91 Å². The van der Waals surface area contributed by atoms with Crippen molar-refractivity contribution in [3.63, 3.8) is 0 Å². The zero-order valence-electron chi connectivity index (χ0n) is 13.7. The molecule has 0 saturated carbocycles. The number of benzene rings is 1. The van der Waals surface area contributed by atoms with Gasteiger partial charge in [0.1, 0.15) is 0 Å². The van der Waals surface area contributed by atoms with Crippen molar-refractivity contribution < 1.29 is 27.5 Å². The van der Waals surface area contributed by atoms with Crippen molar-refractivity contribution in [1.82, 2.24) is 4.90 Å². The van der Waals surface area contributed by atoms with E-state index in [-0.39, 0.29) is 29.9 Å². The Morgan fingerprint density at radius 3 is 2.79 bits per heavy atom. The monoisotopic (exact) mass is 355 g/mol. The van der Waals surface area contributed by atoms with E-state index in [1.165, 1.54) is 12.1 Å². The number of esters is 1. The second kappa shape index (κ2) is 7.76. The van der Waals surface area contributed by atoms with E-state index in [0.717, 1.165) is 6.26 Å². The molecule has 1 aliphatic rings. The van der Waals surface area contributed by atoms with Crippen LogP contribution in [0.3, 0.4) is 0 Å². The van der Waals surface area contributed by atoms with Gasteiger partial charge in [0.2, 0.25) is 0 Å².